The van der Waals surface area contributed by atoms with E-state index in [1.165, 1.54) is 0 Å². The Kier molecular flexibility index (Phi) is 2.35. The lowest BCUT2D eigenvalue weighted by Gasteiger charge is -2.03. The highest BCUT2D eigenvalue weighted by atomic mass is 14.7. The maximum Gasteiger partial charge on any atom is 0.0535 e. The van der Waals surface area contributed by atoms with Gasteiger partial charge in [-0.25, -0.2) is 0 Å². The van der Waals surface area contributed by atoms with Crippen molar-refractivity contribution < 1.29 is 0 Å². The second-order valence-electron chi connectivity index (χ2n) is 2.81. The molecular formula is C10H12N2. The van der Waals surface area contributed by atoms with Gasteiger partial charge in [0.1, 0.15) is 0 Å². The third kappa shape index (κ3) is 1.57. The number of nitrogens with two attached hydrogens (primary N) is 1. The van der Waals surface area contributed by atoms with Crippen molar-refractivity contribution in [3.63, 3.8) is 0 Å². The van der Waals surface area contributed by atoms with Crippen LogP contribution >= 0.6 is 0 Å². The van der Waals surface area contributed by atoms with Crippen LogP contribution in [0.15, 0.2) is 6.07 Å². The Bertz CT molecular complexity index is 333. The molecule has 1 heterocycles. The minimum atomic E-state index is 0.947. The number of hydrogen-bond donors (Lipinski definition) is 1. The van der Waals surface area contributed by atoms with Gasteiger partial charge in [0.05, 0.1) is 11.3 Å². The molecule has 0 bridgehead atoms. The molecule has 0 amide bonds. The summed E-state index contributed by atoms with van der Waals surface area (Å²) in [5.74, 6) is 2.84. The fraction of sp³-hybridized carbons (Fsp3) is 0.300. The van der Waals surface area contributed by atoms with Gasteiger partial charge < -0.3 is 5.73 Å². The summed E-state index contributed by atoms with van der Waals surface area (Å²) >= 11 is 0. The van der Waals surface area contributed by atoms with E-state index in [9.17, 15) is 0 Å². The SMILES string of the molecule is Cc1cc(C)c(C#CN)c(C)n1. The lowest BCUT2D eigenvalue weighted by Crippen LogP contribution is -1.95. The Hall–Kier alpha value is -1.49. The van der Waals surface area contributed by atoms with Crippen molar-refractivity contribution in [3.05, 3.63) is 28.6 Å². The Balaban J connectivity index is 3.34. The van der Waals surface area contributed by atoms with E-state index in [0.29, 0.717) is 0 Å². The van der Waals surface area contributed by atoms with E-state index >= 15 is 0 Å². The highest BCUT2D eigenvalue weighted by Gasteiger charge is 2.00. The molecule has 1 rings (SSSR count). The Labute approximate surface area is 72.8 Å². The third-order valence-electron chi connectivity index (χ3n) is 1.72. The zero-order valence-corrected chi connectivity index (χ0v) is 7.60. The number of aryl methyl sites for hydroxylation is 3. The van der Waals surface area contributed by atoms with Crippen LogP contribution in [0.3, 0.4) is 0 Å². The normalized spacial score (nSPS) is 8.92. The molecule has 62 valence electrons. The van der Waals surface area contributed by atoms with Gasteiger partial charge in [0.15, 0.2) is 0 Å². The Morgan fingerprint density at radius 1 is 1.33 bits per heavy atom. The van der Waals surface area contributed by atoms with Gasteiger partial charge in [0.2, 0.25) is 0 Å². The fourth-order valence-corrected chi connectivity index (χ4v) is 1.28. The topological polar surface area (TPSA) is 38.9 Å². The summed E-state index contributed by atoms with van der Waals surface area (Å²) in [7, 11) is 0. The highest BCUT2D eigenvalue weighted by Crippen LogP contribution is 2.10. The predicted octanol–water partition coefficient (Wildman–Crippen LogP) is 1.27. The van der Waals surface area contributed by atoms with Crippen LogP contribution in [0.25, 0.3) is 0 Å². The molecule has 0 radical (unpaired) electrons. The first-order chi connectivity index (χ1) is 5.65. The average molecular weight is 160 g/mol. The number of nitrogens with zero attached hydrogens (tertiary/aromatic N) is 1. The number of hydrogen-bond acceptors (Lipinski definition) is 2. The molecule has 12 heavy (non-hydrogen) atoms. The van der Waals surface area contributed by atoms with Crippen molar-refractivity contribution in [2.24, 2.45) is 5.73 Å². The number of rotatable bonds is 0. The van der Waals surface area contributed by atoms with E-state index in [2.05, 4.69) is 16.9 Å². The molecule has 0 spiro atoms. The van der Waals surface area contributed by atoms with Gasteiger partial charge in [-0.15, -0.1) is 0 Å². The molecule has 1 aromatic rings. The standard InChI is InChI=1S/C10H12N2/c1-7-6-8(2)12-9(3)10(7)4-5-11/h6H,11H2,1-3H3. The number of aromatic nitrogens is 1. The predicted molar refractivity (Wildman–Crippen MR) is 49.5 cm³/mol. The van der Waals surface area contributed by atoms with Crippen molar-refractivity contribution >= 4 is 0 Å². The van der Waals surface area contributed by atoms with E-state index < -0.39 is 0 Å². The molecule has 0 fully saturated rings. The zero-order valence-electron chi connectivity index (χ0n) is 7.60. The first kappa shape index (κ1) is 8.61. The van der Waals surface area contributed by atoms with E-state index in [4.69, 9.17) is 5.73 Å². The van der Waals surface area contributed by atoms with Crippen LogP contribution in [0.1, 0.15) is 22.5 Å². The summed E-state index contributed by atoms with van der Waals surface area (Å²) in [5, 5.41) is 0. The molecule has 0 aliphatic heterocycles. The summed E-state index contributed by atoms with van der Waals surface area (Å²) in [6, 6.07) is 4.40. The molecule has 1 aromatic heterocycles. The molecule has 0 aromatic carbocycles. The second-order valence-corrected chi connectivity index (χ2v) is 2.81. The van der Waals surface area contributed by atoms with Gasteiger partial charge in [0, 0.05) is 11.7 Å². The van der Waals surface area contributed by atoms with Crippen LogP contribution in [0, 0.1) is 32.7 Å². The van der Waals surface area contributed by atoms with E-state index in [1.807, 2.05) is 26.8 Å². The van der Waals surface area contributed by atoms with Gasteiger partial charge >= 0.3 is 0 Å². The summed E-state index contributed by atoms with van der Waals surface area (Å²) in [4.78, 5) is 4.29. The molecule has 0 unspecified atom stereocenters. The van der Waals surface area contributed by atoms with Gasteiger partial charge in [-0.05, 0) is 38.3 Å². The second kappa shape index (κ2) is 3.27. The van der Waals surface area contributed by atoms with Gasteiger partial charge in [-0.1, -0.05) is 0 Å². The van der Waals surface area contributed by atoms with E-state index in [1.54, 1.807) is 0 Å². The summed E-state index contributed by atoms with van der Waals surface area (Å²) in [6.45, 7) is 5.93. The maximum absolute atomic E-state index is 5.15. The first-order valence-corrected chi connectivity index (χ1v) is 3.81. The highest BCUT2D eigenvalue weighted by molar-refractivity contribution is 5.43. The largest absolute Gasteiger partial charge is 0.359 e. The molecule has 2 heteroatoms. The summed E-state index contributed by atoms with van der Waals surface area (Å²) in [6.07, 6.45) is 0. The first-order valence-electron chi connectivity index (χ1n) is 3.81. The Morgan fingerprint density at radius 3 is 2.50 bits per heavy atom. The monoisotopic (exact) mass is 160 g/mol. The minimum Gasteiger partial charge on any atom is -0.359 e. The Morgan fingerprint density at radius 2 is 2.00 bits per heavy atom. The van der Waals surface area contributed by atoms with Crippen molar-refractivity contribution in [3.8, 4) is 12.0 Å². The fourth-order valence-electron chi connectivity index (χ4n) is 1.28. The van der Waals surface area contributed by atoms with Gasteiger partial charge in [-0.3, -0.25) is 4.98 Å². The summed E-state index contributed by atoms with van der Waals surface area (Å²) in [5.41, 5.74) is 9.20. The average Bonchev–Trinajstić information content (AvgIpc) is 1.96. The van der Waals surface area contributed by atoms with Crippen LogP contribution in [-0.2, 0) is 0 Å². The summed E-state index contributed by atoms with van der Waals surface area (Å²) < 4.78 is 0. The molecule has 0 atom stereocenters. The quantitative estimate of drug-likeness (QED) is 0.458. The van der Waals surface area contributed by atoms with Crippen LogP contribution in [-0.4, -0.2) is 4.98 Å². The van der Waals surface area contributed by atoms with Crippen LogP contribution in [0.4, 0.5) is 0 Å². The maximum atomic E-state index is 5.15. The lowest BCUT2D eigenvalue weighted by molar-refractivity contribution is 1.09. The lowest BCUT2D eigenvalue weighted by atomic mass is 10.1. The van der Waals surface area contributed by atoms with Crippen molar-refractivity contribution in [2.75, 3.05) is 0 Å². The van der Waals surface area contributed by atoms with E-state index in [-0.39, 0.29) is 0 Å². The van der Waals surface area contributed by atoms with Gasteiger partial charge in [-0.2, -0.15) is 0 Å². The molecule has 0 aliphatic carbocycles. The zero-order chi connectivity index (χ0) is 9.14. The van der Waals surface area contributed by atoms with Crippen LogP contribution in [0.5, 0.6) is 0 Å². The molecular weight excluding hydrogens is 148 g/mol. The van der Waals surface area contributed by atoms with Crippen LogP contribution in [0.2, 0.25) is 0 Å². The molecule has 0 saturated carbocycles. The smallest absolute Gasteiger partial charge is 0.0535 e. The van der Waals surface area contributed by atoms with Gasteiger partial charge in [0.25, 0.3) is 0 Å². The molecule has 0 aliphatic rings. The third-order valence-corrected chi connectivity index (χ3v) is 1.72. The van der Waals surface area contributed by atoms with E-state index in [0.717, 1.165) is 22.5 Å². The molecule has 2 nitrogen and oxygen atoms in total. The van der Waals surface area contributed by atoms with Crippen LogP contribution < -0.4 is 5.73 Å². The minimum absolute atomic E-state index is 0.947. The van der Waals surface area contributed by atoms with Crippen molar-refractivity contribution in [2.45, 2.75) is 20.8 Å². The molecule has 2 N–H and O–H groups in total. The number of pyridine rings is 1. The van der Waals surface area contributed by atoms with Crippen molar-refractivity contribution in [1.82, 2.24) is 4.98 Å². The molecule has 0 saturated heterocycles. The van der Waals surface area contributed by atoms with Crippen molar-refractivity contribution in [1.29, 1.82) is 0 Å².